The maximum Gasteiger partial charge on any atom is 0.339 e. The van der Waals surface area contributed by atoms with Crippen LogP contribution >= 0.6 is 0 Å². The second kappa shape index (κ2) is 3.87. The molecule has 70 valence electrons. The molecule has 1 saturated heterocycles. The molecule has 0 bridgehead atoms. The molecule has 1 N–H and O–H groups in total. The van der Waals surface area contributed by atoms with Crippen LogP contribution < -0.4 is 5.32 Å². The zero-order valence-electron chi connectivity index (χ0n) is 7.55. The number of methoxy groups -OCH3 is 2. The van der Waals surface area contributed by atoms with Crippen molar-refractivity contribution in [3.8, 4) is 0 Å². The fraction of sp³-hybridized carbons (Fsp3) is 0.875. The van der Waals surface area contributed by atoms with Gasteiger partial charge in [-0.05, 0) is 19.4 Å². The van der Waals surface area contributed by atoms with Crippen molar-refractivity contribution < 1.29 is 14.3 Å². The van der Waals surface area contributed by atoms with E-state index in [9.17, 15) is 4.79 Å². The summed E-state index contributed by atoms with van der Waals surface area (Å²) in [4.78, 5) is 11.3. The topological polar surface area (TPSA) is 47.6 Å². The summed E-state index contributed by atoms with van der Waals surface area (Å²) in [7, 11) is 2.93. The zero-order valence-corrected chi connectivity index (χ0v) is 7.55. The van der Waals surface area contributed by atoms with Gasteiger partial charge in [-0.3, -0.25) is 0 Å². The van der Waals surface area contributed by atoms with Crippen LogP contribution in [0.5, 0.6) is 0 Å². The van der Waals surface area contributed by atoms with E-state index in [1.54, 1.807) is 7.11 Å². The molecule has 1 fully saturated rings. The van der Waals surface area contributed by atoms with E-state index >= 15 is 0 Å². The Kier molecular flexibility index (Phi) is 3.05. The molecule has 0 spiro atoms. The number of ether oxygens (including phenoxy) is 2. The van der Waals surface area contributed by atoms with E-state index < -0.39 is 5.60 Å². The number of rotatable bonds is 2. The minimum atomic E-state index is -0.743. The van der Waals surface area contributed by atoms with E-state index in [1.807, 2.05) is 0 Å². The van der Waals surface area contributed by atoms with Crippen molar-refractivity contribution in [1.82, 2.24) is 5.32 Å². The van der Waals surface area contributed by atoms with Crippen LogP contribution in [0.1, 0.15) is 12.8 Å². The quantitative estimate of drug-likeness (QED) is 0.594. The van der Waals surface area contributed by atoms with Crippen molar-refractivity contribution in [3.05, 3.63) is 0 Å². The number of hydrogen-bond acceptors (Lipinski definition) is 4. The molecule has 12 heavy (non-hydrogen) atoms. The van der Waals surface area contributed by atoms with Gasteiger partial charge in [0.25, 0.3) is 0 Å². The summed E-state index contributed by atoms with van der Waals surface area (Å²) in [6.45, 7) is 1.50. The molecule has 1 heterocycles. The first kappa shape index (κ1) is 9.48. The lowest BCUT2D eigenvalue weighted by molar-refractivity contribution is -0.168. The highest BCUT2D eigenvalue weighted by Crippen LogP contribution is 2.21. The van der Waals surface area contributed by atoms with E-state index in [1.165, 1.54) is 7.11 Å². The van der Waals surface area contributed by atoms with Gasteiger partial charge in [0, 0.05) is 13.7 Å². The van der Waals surface area contributed by atoms with Crippen LogP contribution in [0.25, 0.3) is 0 Å². The van der Waals surface area contributed by atoms with Crippen LogP contribution in [0, 0.1) is 0 Å². The Morgan fingerprint density at radius 3 is 2.67 bits per heavy atom. The third-order valence-electron chi connectivity index (χ3n) is 2.29. The van der Waals surface area contributed by atoms with E-state index in [-0.39, 0.29) is 5.97 Å². The minimum Gasteiger partial charge on any atom is -0.467 e. The highest BCUT2D eigenvalue weighted by Gasteiger charge is 2.40. The minimum absolute atomic E-state index is 0.280. The van der Waals surface area contributed by atoms with Crippen molar-refractivity contribution in [3.63, 3.8) is 0 Å². The van der Waals surface area contributed by atoms with Gasteiger partial charge in [-0.15, -0.1) is 0 Å². The largest absolute Gasteiger partial charge is 0.467 e. The third kappa shape index (κ3) is 1.59. The Balaban J connectivity index is 2.66. The normalized spacial score (nSPS) is 29.8. The maximum atomic E-state index is 11.3. The summed E-state index contributed by atoms with van der Waals surface area (Å²) < 4.78 is 9.87. The van der Waals surface area contributed by atoms with E-state index in [4.69, 9.17) is 4.74 Å². The van der Waals surface area contributed by atoms with E-state index in [0.29, 0.717) is 6.54 Å². The van der Waals surface area contributed by atoms with Gasteiger partial charge in [0.1, 0.15) is 0 Å². The fourth-order valence-electron chi connectivity index (χ4n) is 1.50. The molecule has 0 saturated carbocycles. The standard InChI is InChI=1S/C8H15NO3/c1-11-7(10)8(12-2)4-3-5-9-6-8/h9H,3-6H2,1-2H3. The zero-order chi connectivity index (χ0) is 9.03. The monoisotopic (exact) mass is 173 g/mol. The smallest absolute Gasteiger partial charge is 0.339 e. The van der Waals surface area contributed by atoms with Crippen molar-refractivity contribution in [2.75, 3.05) is 27.3 Å². The lowest BCUT2D eigenvalue weighted by Gasteiger charge is -2.33. The van der Waals surface area contributed by atoms with Gasteiger partial charge in [-0.1, -0.05) is 0 Å². The van der Waals surface area contributed by atoms with Crippen LogP contribution in [-0.2, 0) is 14.3 Å². The van der Waals surface area contributed by atoms with Gasteiger partial charge < -0.3 is 14.8 Å². The average molecular weight is 173 g/mol. The Labute approximate surface area is 72.2 Å². The summed E-state index contributed by atoms with van der Waals surface area (Å²) in [5.41, 5.74) is -0.743. The maximum absolute atomic E-state index is 11.3. The van der Waals surface area contributed by atoms with Crippen LogP contribution in [0.15, 0.2) is 0 Å². The molecule has 0 aromatic carbocycles. The summed E-state index contributed by atoms with van der Waals surface area (Å²) >= 11 is 0. The van der Waals surface area contributed by atoms with Crippen molar-refractivity contribution in [2.24, 2.45) is 0 Å². The lowest BCUT2D eigenvalue weighted by Crippen LogP contribution is -2.53. The molecule has 0 radical (unpaired) electrons. The molecule has 1 aliphatic rings. The predicted molar refractivity (Wildman–Crippen MR) is 43.9 cm³/mol. The number of nitrogens with one attached hydrogen (secondary N) is 1. The Bertz CT molecular complexity index is 164. The molecule has 0 aliphatic carbocycles. The van der Waals surface area contributed by atoms with Gasteiger partial charge in [0.2, 0.25) is 0 Å². The fourth-order valence-corrected chi connectivity index (χ4v) is 1.50. The summed E-state index contributed by atoms with van der Waals surface area (Å²) in [6.07, 6.45) is 1.69. The molecule has 1 rings (SSSR count). The summed E-state index contributed by atoms with van der Waals surface area (Å²) in [5, 5.41) is 3.12. The van der Waals surface area contributed by atoms with Gasteiger partial charge in [-0.2, -0.15) is 0 Å². The molecular weight excluding hydrogens is 158 g/mol. The van der Waals surface area contributed by atoms with Crippen LogP contribution in [0.3, 0.4) is 0 Å². The van der Waals surface area contributed by atoms with Gasteiger partial charge >= 0.3 is 5.97 Å². The molecule has 0 aromatic heterocycles. The van der Waals surface area contributed by atoms with E-state index in [0.717, 1.165) is 19.4 Å². The highest BCUT2D eigenvalue weighted by molar-refractivity contribution is 5.80. The second-order valence-corrected chi connectivity index (χ2v) is 2.97. The first-order chi connectivity index (χ1) is 5.75. The predicted octanol–water partition coefficient (Wildman–Crippen LogP) is -0.0720. The number of esters is 1. The first-order valence-electron chi connectivity index (χ1n) is 4.09. The van der Waals surface area contributed by atoms with Crippen molar-refractivity contribution in [2.45, 2.75) is 18.4 Å². The van der Waals surface area contributed by atoms with Gasteiger partial charge in [-0.25, -0.2) is 4.79 Å². The van der Waals surface area contributed by atoms with Gasteiger partial charge in [0.15, 0.2) is 5.60 Å². The molecule has 1 unspecified atom stereocenters. The number of carbonyl (C=O) groups is 1. The van der Waals surface area contributed by atoms with Crippen molar-refractivity contribution >= 4 is 5.97 Å². The Morgan fingerprint density at radius 2 is 2.25 bits per heavy atom. The summed E-state index contributed by atoms with van der Waals surface area (Å²) in [5.74, 6) is -0.280. The molecule has 4 heteroatoms. The number of piperidine rings is 1. The van der Waals surface area contributed by atoms with Crippen LogP contribution in [-0.4, -0.2) is 38.9 Å². The lowest BCUT2D eigenvalue weighted by atomic mass is 9.94. The number of carbonyl (C=O) groups excluding carboxylic acids is 1. The van der Waals surface area contributed by atoms with E-state index in [2.05, 4.69) is 10.1 Å². The molecule has 0 aromatic rings. The molecular formula is C8H15NO3. The third-order valence-corrected chi connectivity index (χ3v) is 2.29. The molecule has 1 atom stereocenters. The van der Waals surface area contributed by atoms with Crippen molar-refractivity contribution in [1.29, 1.82) is 0 Å². The SMILES string of the molecule is COC(=O)C1(OC)CCCNC1. The van der Waals surface area contributed by atoms with Crippen LogP contribution in [0.4, 0.5) is 0 Å². The van der Waals surface area contributed by atoms with Gasteiger partial charge in [0.05, 0.1) is 7.11 Å². The highest BCUT2D eigenvalue weighted by atomic mass is 16.6. The average Bonchev–Trinajstić information content (AvgIpc) is 2.17. The van der Waals surface area contributed by atoms with Crippen LogP contribution in [0.2, 0.25) is 0 Å². The molecule has 1 aliphatic heterocycles. The molecule has 0 amide bonds. The Hall–Kier alpha value is -0.610. The first-order valence-corrected chi connectivity index (χ1v) is 4.09. The molecule has 4 nitrogen and oxygen atoms in total. The second-order valence-electron chi connectivity index (χ2n) is 2.97. The Morgan fingerprint density at radius 1 is 1.50 bits per heavy atom. The summed E-state index contributed by atoms with van der Waals surface area (Å²) in [6, 6.07) is 0. The number of hydrogen-bond donors (Lipinski definition) is 1.